The van der Waals surface area contributed by atoms with Crippen LogP contribution in [0, 0.1) is 6.92 Å². The van der Waals surface area contributed by atoms with Crippen molar-refractivity contribution >= 4 is 27.2 Å². The Balaban J connectivity index is 1.48. The fourth-order valence-corrected chi connectivity index (χ4v) is 3.94. The number of hydrogen-bond acceptors (Lipinski definition) is 7. The van der Waals surface area contributed by atoms with Gasteiger partial charge in [-0.2, -0.15) is 0 Å². The highest BCUT2D eigenvalue weighted by molar-refractivity contribution is 7.92. The van der Waals surface area contributed by atoms with Crippen LogP contribution in [-0.2, 0) is 10.0 Å². The first-order valence-corrected chi connectivity index (χ1v) is 10.8. The predicted molar refractivity (Wildman–Crippen MR) is 117 cm³/mol. The fraction of sp³-hybridized carbons (Fsp3) is 0.0952. The third-order valence-electron chi connectivity index (χ3n) is 4.37. The quantitative estimate of drug-likeness (QED) is 0.456. The van der Waals surface area contributed by atoms with Gasteiger partial charge in [0, 0.05) is 29.8 Å². The van der Waals surface area contributed by atoms with Gasteiger partial charge in [-0.1, -0.05) is 0 Å². The maximum atomic E-state index is 12.6. The van der Waals surface area contributed by atoms with E-state index >= 15 is 0 Å². The largest absolute Gasteiger partial charge is 0.497 e. The van der Waals surface area contributed by atoms with E-state index in [0.717, 1.165) is 5.69 Å². The van der Waals surface area contributed by atoms with E-state index in [1.807, 2.05) is 6.92 Å². The Morgan fingerprint density at radius 2 is 1.68 bits per heavy atom. The Morgan fingerprint density at radius 3 is 2.32 bits per heavy atom. The van der Waals surface area contributed by atoms with Crippen LogP contribution >= 0.6 is 0 Å². The maximum Gasteiger partial charge on any atom is 0.261 e. The molecule has 0 unspecified atom stereocenters. The van der Waals surface area contributed by atoms with Crippen molar-refractivity contribution in [1.29, 1.82) is 0 Å². The molecule has 4 rings (SSSR count). The Bertz CT molecular complexity index is 1270. The Morgan fingerprint density at radius 1 is 0.968 bits per heavy atom. The van der Waals surface area contributed by atoms with E-state index in [4.69, 9.17) is 4.74 Å². The minimum Gasteiger partial charge on any atom is -0.497 e. The first-order valence-electron chi connectivity index (χ1n) is 9.31. The van der Waals surface area contributed by atoms with Gasteiger partial charge in [-0.15, -0.1) is 0 Å². The van der Waals surface area contributed by atoms with Crippen LogP contribution < -0.4 is 14.8 Å². The van der Waals surface area contributed by atoms with Crippen LogP contribution in [-0.4, -0.2) is 35.0 Å². The van der Waals surface area contributed by atoms with Gasteiger partial charge in [0.05, 0.1) is 12.0 Å². The van der Waals surface area contributed by atoms with Gasteiger partial charge in [0.2, 0.25) is 0 Å². The molecule has 0 bridgehead atoms. The lowest BCUT2D eigenvalue weighted by Crippen LogP contribution is -2.12. The van der Waals surface area contributed by atoms with Crippen molar-refractivity contribution < 1.29 is 13.2 Å². The number of methoxy groups -OCH3 is 1. The number of imidazole rings is 1. The molecule has 158 valence electrons. The average Bonchev–Trinajstić information content (AvgIpc) is 3.30. The molecule has 0 atom stereocenters. The van der Waals surface area contributed by atoms with E-state index in [2.05, 4.69) is 25.0 Å². The molecule has 0 aliphatic heterocycles. The molecule has 2 aromatic heterocycles. The highest BCUT2D eigenvalue weighted by Gasteiger charge is 2.14. The van der Waals surface area contributed by atoms with E-state index in [0.29, 0.717) is 28.9 Å². The molecule has 2 N–H and O–H groups in total. The lowest BCUT2D eigenvalue weighted by atomic mass is 10.3. The lowest BCUT2D eigenvalue weighted by molar-refractivity contribution is 0.414. The smallest absolute Gasteiger partial charge is 0.261 e. The molecule has 9 nitrogen and oxygen atoms in total. The molecule has 0 saturated heterocycles. The highest BCUT2D eigenvalue weighted by Crippen LogP contribution is 2.22. The summed E-state index contributed by atoms with van der Waals surface area (Å²) >= 11 is 0. The van der Waals surface area contributed by atoms with Crippen LogP contribution in [0.25, 0.3) is 5.82 Å². The Hall–Kier alpha value is -3.92. The van der Waals surface area contributed by atoms with E-state index < -0.39 is 10.0 Å². The molecule has 10 heteroatoms. The van der Waals surface area contributed by atoms with E-state index in [-0.39, 0.29) is 4.90 Å². The third-order valence-corrected chi connectivity index (χ3v) is 5.77. The van der Waals surface area contributed by atoms with Crippen LogP contribution in [0.3, 0.4) is 0 Å². The second-order valence-corrected chi connectivity index (χ2v) is 8.29. The summed E-state index contributed by atoms with van der Waals surface area (Å²) in [6.45, 7) is 1.81. The summed E-state index contributed by atoms with van der Waals surface area (Å²) in [6.07, 6.45) is 5.14. The summed E-state index contributed by atoms with van der Waals surface area (Å²) in [4.78, 5) is 13.0. The van der Waals surface area contributed by atoms with Gasteiger partial charge in [-0.25, -0.2) is 23.4 Å². The first kappa shape index (κ1) is 20.4. The van der Waals surface area contributed by atoms with Gasteiger partial charge in [-0.05, 0) is 55.5 Å². The molecule has 0 amide bonds. The van der Waals surface area contributed by atoms with Crippen LogP contribution in [0.4, 0.5) is 17.2 Å². The van der Waals surface area contributed by atoms with E-state index in [9.17, 15) is 8.42 Å². The van der Waals surface area contributed by atoms with Crippen molar-refractivity contribution in [3.8, 4) is 11.6 Å². The molecule has 0 spiro atoms. The number of anilines is 3. The molecule has 4 aromatic rings. The van der Waals surface area contributed by atoms with Gasteiger partial charge in [0.15, 0.2) is 0 Å². The van der Waals surface area contributed by atoms with E-state index in [1.54, 1.807) is 65.8 Å². The Labute approximate surface area is 179 Å². The first-order chi connectivity index (χ1) is 14.9. The molecule has 0 radical (unpaired) electrons. The monoisotopic (exact) mass is 436 g/mol. The van der Waals surface area contributed by atoms with E-state index in [1.165, 1.54) is 19.2 Å². The number of aryl methyl sites for hydroxylation is 1. The molecule has 2 heterocycles. The van der Waals surface area contributed by atoms with Crippen LogP contribution in [0.2, 0.25) is 0 Å². The molecule has 0 aliphatic carbocycles. The number of benzene rings is 2. The van der Waals surface area contributed by atoms with Crippen LogP contribution in [0.5, 0.6) is 5.75 Å². The minimum absolute atomic E-state index is 0.152. The van der Waals surface area contributed by atoms with Gasteiger partial charge < -0.3 is 10.1 Å². The van der Waals surface area contributed by atoms with Crippen molar-refractivity contribution in [2.24, 2.45) is 0 Å². The van der Waals surface area contributed by atoms with Crippen molar-refractivity contribution in [2.45, 2.75) is 11.8 Å². The summed E-state index contributed by atoms with van der Waals surface area (Å²) in [5, 5.41) is 3.21. The van der Waals surface area contributed by atoms with Gasteiger partial charge >= 0.3 is 0 Å². The number of nitrogens with one attached hydrogen (secondary N) is 2. The highest BCUT2D eigenvalue weighted by atomic mass is 32.2. The van der Waals surface area contributed by atoms with Gasteiger partial charge in [-0.3, -0.25) is 9.29 Å². The normalized spacial score (nSPS) is 11.2. The predicted octanol–water partition coefficient (Wildman–Crippen LogP) is 3.52. The summed E-state index contributed by atoms with van der Waals surface area (Å²) in [5.41, 5.74) is 1.20. The van der Waals surface area contributed by atoms with Gasteiger partial charge in [0.1, 0.15) is 29.5 Å². The fourth-order valence-electron chi connectivity index (χ4n) is 2.88. The molecule has 0 aliphatic rings. The molecule has 0 fully saturated rings. The lowest BCUT2D eigenvalue weighted by Gasteiger charge is -2.11. The van der Waals surface area contributed by atoms with Crippen molar-refractivity contribution in [2.75, 3.05) is 17.1 Å². The second kappa shape index (κ2) is 8.44. The van der Waals surface area contributed by atoms with Crippen molar-refractivity contribution in [3.05, 3.63) is 79.1 Å². The maximum absolute atomic E-state index is 12.6. The summed E-state index contributed by atoms with van der Waals surface area (Å²) in [5.74, 6) is 2.50. The molecular formula is C21H20N6O3S. The topological polar surface area (TPSA) is 111 Å². The van der Waals surface area contributed by atoms with Crippen molar-refractivity contribution in [3.63, 3.8) is 0 Å². The number of sulfonamides is 1. The zero-order chi connectivity index (χ0) is 21.8. The van der Waals surface area contributed by atoms with Crippen LogP contribution in [0.1, 0.15) is 5.82 Å². The summed E-state index contributed by atoms with van der Waals surface area (Å²) < 4.78 is 34.6. The van der Waals surface area contributed by atoms with Crippen LogP contribution in [0.15, 0.2) is 78.2 Å². The molecule has 31 heavy (non-hydrogen) atoms. The van der Waals surface area contributed by atoms with Crippen molar-refractivity contribution in [1.82, 2.24) is 19.5 Å². The zero-order valence-corrected chi connectivity index (χ0v) is 17.7. The number of nitrogens with zero attached hydrogens (tertiary/aromatic N) is 4. The number of aromatic nitrogens is 4. The summed E-state index contributed by atoms with van der Waals surface area (Å²) in [6, 6.07) is 14.9. The Kier molecular flexibility index (Phi) is 5.54. The third kappa shape index (κ3) is 4.81. The molecule has 0 saturated carbocycles. The SMILES string of the molecule is COc1ccc(S(=O)(=O)Nc2ccc(Nc3cc(-n4ccnc4)nc(C)n3)cc2)cc1. The zero-order valence-electron chi connectivity index (χ0n) is 16.9. The molecular weight excluding hydrogens is 416 g/mol. The summed E-state index contributed by atoms with van der Waals surface area (Å²) in [7, 11) is -2.18. The minimum atomic E-state index is -3.70. The second-order valence-electron chi connectivity index (χ2n) is 6.61. The average molecular weight is 436 g/mol. The number of rotatable bonds is 7. The standard InChI is InChI=1S/C21H20N6O3S/c1-15-23-20(13-21(24-15)27-12-11-22-14-27)25-16-3-5-17(6-4-16)26-31(28,29)19-9-7-18(30-2)8-10-19/h3-14,26H,1-2H3,(H,23,24,25). The number of ether oxygens (including phenoxy) is 1. The number of hydrogen-bond donors (Lipinski definition) is 2. The molecule has 2 aromatic carbocycles. The van der Waals surface area contributed by atoms with Gasteiger partial charge in [0.25, 0.3) is 10.0 Å².